The number of rotatable bonds is 3. The van der Waals surface area contributed by atoms with Crippen molar-refractivity contribution in [3.05, 3.63) is 43.8 Å². The molecule has 2 nitrogen and oxygen atoms in total. The van der Waals surface area contributed by atoms with Crippen LogP contribution in [0.4, 0.5) is 4.39 Å². The van der Waals surface area contributed by atoms with Gasteiger partial charge in [-0.3, -0.25) is 0 Å². The number of hydrogen-bond acceptors (Lipinski definition) is 2. The summed E-state index contributed by atoms with van der Waals surface area (Å²) in [5, 5.41) is 0.367. The second-order valence-corrected chi connectivity index (χ2v) is 6.83. The maximum atomic E-state index is 13.3. The molecule has 0 radical (unpaired) electrons. The first-order chi connectivity index (χ1) is 9.38. The van der Waals surface area contributed by atoms with Crippen LogP contribution in [0, 0.1) is 11.7 Å². The van der Waals surface area contributed by atoms with Gasteiger partial charge < -0.3 is 0 Å². The molecule has 0 atom stereocenters. The van der Waals surface area contributed by atoms with E-state index >= 15 is 0 Å². The van der Waals surface area contributed by atoms with Crippen molar-refractivity contribution in [1.29, 1.82) is 0 Å². The van der Waals surface area contributed by atoms with Crippen LogP contribution in [0.1, 0.15) is 19.5 Å². The molecule has 0 bridgehead atoms. The van der Waals surface area contributed by atoms with Crippen LogP contribution in [0.15, 0.2) is 27.1 Å². The molecular formula is C14H12Br2ClFN2. The molecule has 20 heavy (non-hydrogen) atoms. The molecule has 0 N–H and O–H groups in total. The van der Waals surface area contributed by atoms with Gasteiger partial charge in [0.25, 0.3) is 0 Å². The smallest absolute Gasteiger partial charge is 0.161 e. The van der Waals surface area contributed by atoms with E-state index in [1.807, 2.05) is 0 Å². The highest BCUT2D eigenvalue weighted by Crippen LogP contribution is 2.29. The quantitative estimate of drug-likeness (QED) is 0.597. The number of nitrogens with zero attached hydrogens (tertiary/aromatic N) is 2. The molecule has 0 fully saturated rings. The Morgan fingerprint density at radius 2 is 1.95 bits per heavy atom. The first-order valence-electron chi connectivity index (χ1n) is 6.05. The fourth-order valence-corrected chi connectivity index (χ4v) is 2.66. The Morgan fingerprint density at radius 1 is 1.25 bits per heavy atom. The normalized spacial score (nSPS) is 11.2. The highest BCUT2D eigenvalue weighted by molar-refractivity contribution is 9.10. The van der Waals surface area contributed by atoms with Crippen LogP contribution in [0.25, 0.3) is 11.4 Å². The molecule has 1 heterocycles. The van der Waals surface area contributed by atoms with Gasteiger partial charge in [-0.05, 0) is 62.4 Å². The Hall–Kier alpha value is -0.520. The van der Waals surface area contributed by atoms with Gasteiger partial charge in [0, 0.05) is 5.56 Å². The van der Waals surface area contributed by atoms with Crippen LogP contribution in [0.5, 0.6) is 0 Å². The minimum atomic E-state index is -0.320. The Kier molecular flexibility index (Phi) is 5.15. The standard InChI is InChI=1S/C14H12Br2ClFN2/c1-7(2)5-11-12(16)13(17)20-14(19-11)8-3-4-10(18)9(15)6-8/h3-4,6-7H,5H2,1-2H3. The predicted octanol–water partition coefficient (Wildman–Crippen LogP) is 5.66. The molecule has 0 aliphatic heterocycles. The van der Waals surface area contributed by atoms with Gasteiger partial charge in [0.1, 0.15) is 11.0 Å². The van der Waals surface area contributed by atoms with E-state index in [0.717, 1.165) is 22.2 Å². The Labute approximate surface area is 139 Å². The van der Waals surface area contributed by atoms with Gasteiger partial charge in [-0.2, -0.15) is 0 Å². The Bertz CT molecular complexity index is 647. The number of benzene rings is 1. The van der Waals surface area contributed by atoms with Crippen LogP contribution >= 0.6 is 43.5 Å². The van der Waals surface area contributed by atoms with E-state index < -0.39 is 0 Å². The summed E-state index contributed by atoms with van der Waals surface area (Å²) in [5.74, 6) is 0.624. The third-order valence-corrected chi connectivity index (χ3v) is 4.60. The lowest BCUT2D eigenvalue weighted by atomic mass is 10.1. The summed E-state index contributed by atoms with van der Waals surface area (Å²) in [6.45, 7) is 4.22. The van der Waals surface area contributed by atoms with Gasteiger partial charge >= 0.3 is 0 Å². The van der Waals surface area contributed by atoms with Crippen LogP contribution in [0.3, 0.4) is 0 Å². The predicted molar refractivity (Wildman–Crippen MR) is 86.4 cm³/mol. The molecule has 0 amide bonds. The summed E-state index contributed by atoms with van der Waals surface area (Å²) >= 11 is 12.7. The van der Waals surface area contributed by atoms with Crippen LogP contribution < -0.4 is 0 Å². The first kappa shape index (κ1) is 15.9. The number of aromatic nitrogens is 2. The molecule has 0 aliphatic rings. The number of hydrogen-bond donors (Lipinski definition) is 0. The fraction of sp³-hybridized carbons (Fsp3) is 0.286. The highest BCUT2D eigenvalue weighted by Gasteiger charge is 2.14. The largest absolute Gasteiger partial charge is 0.232 e. The zero-order chi connectivity index (χ0) is 14.9. The van der Waals surface area contributed by atoms with Crippen molar-refractivity contribution in [1.82, 2.24) is 9.97 Å². The van der Waals surface area contributed by atoms with Gasteiger partial charge in [-0.25, -0.2) is 14.4 Å². The van der Waals surface area contributed by atoms with E-state index in [0.29, 0.717) is 21.4 Å². The summed E-state index contributed by atoms with van der Waals surface area (Å²) < 4.78 is 14.4. The molecule has 0 aliphatic carbocycles. The number of halogens is 4. The highest BCUT2D eigenvalue weighted by atomic mass is 79.9. The fourth-order valence-electron chi connectivity index (χ4n) is 1.75. The van der Waals surface area contributed by atoms with Crippen molar-refractivity contribution in [2.75, 3.05) is 0 Å². The zero-order valence-corrected chi connectivity index (χ0v) is 14.9. The molecule has 1 aromatic heterocycles. The Balaban J connectivity index is 2.51. The minimum absolute atomic E-state index is 0.320. The van der Waals surface area contributed by atoms with Crippen molar-refractivity contribution in [2.45, 2.75) is 20.3 Å². The van der Waals surface area contributed by atoms with E-state index in [1.54, 1.807) is 12.1 Å². The molecule has 0 saturated carbocycles. The van der Waals surface area contributed by atoms with Crippen LogP contribution in [-0.2, 0) is 6.42 Å². The summed E-state index contributed by atoms with van der Waals surface area (Å²) in [7, 11) is 0. The summed E-state index contributed by atoms with van der Waals surface area (Å²) in [4.78, 5) is 8.77. The average Bonchev–Trinajstić information content (AvgIpc) is 2.37. The molecule has 2 rings (SSSR count). The maximum Gasteiger partial charge on any atom is 0.161 e. The van der Waals surface area contributed by atoms with Crippen molar-refractivity contribution in [3.63, 3.8) is 0 Å². The molecule has 1 aromatic carbocycles. The molecule has 106 valence electrons. The molecule has 6 heteroatoms. The van der Waals surface area contributed by atoms with E-state index in [1.165, 1.54) is 6.07 Å². The zero-order valence-electron chi connectivity index (χ0n) is 10.9. The summed E-state index contributed by atoms with van der Waals surface area (Å²) in [6, 6.07) is 4.66. The summed E-state index contributed by atoms with van der Waals surface area (Å²) in [5.41, 5.74) is 1.58. The molecule has 2 aromatic rings. The van der Waals surface area contributed by atoms with Crippen molar-refractivity contribution >= 4 is 43.5 Å². The molecule has 0 saturated heterocycles. The minimum Gasteiger partial charge on any atom is -0.232 e. The van der Waals surface area contributed by atoms with E-state index in [4.69, 9.17) is 11.6 Å². The second kappa shape index (κ2) is 6.50. The topological polar surface area (TPSA) is 25.8 Å². The van der Waals surface area contributed by atoms with Crippen molar-refractivity contribution in [3.8, 4) is 11.4 Å². The lowest BCUT2D eigenvalue weighted by molar-refractivity contribution is 0.621. The van der Waals surface area contributed by atoms with Crippen molar-refractivity contribution in [2.24, 2.45) is 5.92 Å². The summed E-state index contributed by atoms with van der Waals surface area (Å²) in [6.07, 6.45) is 0.790. The van der Waals surface area contributed by atoms with Gasteiger partial charge in [0.2, 0.25) is 0 Å². The molecule has 0 unspecified atom stereocenters. The van der Waals surface area contributed by atoms with Gasteiger partial charge in [0.15, 0.2) is 5.82 Å². The van der Waals surface area contributed by atoms with Crippen LogP contribution in [-0.4, -0.2) is 9.97 Å². The van der Waals surface area contributed by atoms with Gasteiger partial charge in [0.05, 0.1) is 14.6 Å². The Morgan fingerprint density at radius 3 is 2.55 bits per heavy atom. The van der Waals surface area contributed by atoms with Crippen LogP contribution in [0.2, 0.25) is 5.15 Å². The second-order valence-electron chi connectivity index (χ2n) is 4.83. The SMILES string of the molecule is CC(C)Cc1nc(-c2ccc(F)c(Br)c2)nc(Cl)c1Br. The monoisotopic (exact) mass is 420 g/mol. The molecular weight excluding hydrogens is 410 g/mol. The molecule has 0 spiro atoms. The van der Waals surface area contributed by atoms with Gasteiger partial charge in [-0.15, -0.1) is 0 Å². The average molecular weight is 423 g/mol. The third kappa shape index (κ3) is 3.57. The third-order valence-electron chi connectivity index (χ3n) is 2.66. The first-order valence-corrected chi connectivity index (χ1v) is 8.02. The van der Waals surface area contributed by atoms with Gasteiger partial charge in [-0.1, -0.05) is 25.4 Å². The van der Waals surface area contributed by atoms with E-state index in [9.17, 15) is 4.39 Å². The van der Waals surface area contributed by atoms with E-state index in [2.05, 4.69) is 55.7 Å². The lowest BCUT2D eigenvalue weighted by Crippen LogP contribution is -2.02. The lowest BCUT2D eigenvalue weighted by Gasteiger charge is -2.10. The maximum absolute atomic E-state index is 13.3. The van der Waals surface area contributed by atoms with E-state index in [-0.39, 0.29) is 5.82 Å². The van der Waals surface area contributed by atoms with Crippen molar-refractivity contribution < 1.29 is 4.39 Å².